The Bertz CT molecular complexity index is 543. The van der Waals surface area contributed by atoms with Crippen LogP contribution in [0.3, 0.4) is 0 Å². The standard InChI is InChI=1S/C10H10ClN5O2/c1-12-7-3-2-6(11)9(15-7)10(17)13-4-8-14-5-18-16-8/h2-3,5H,4H2,1H3,(H,12,15)(H,13,17). The maximum Gasteiger partial charge on any atom is 0.271 e. The molecule has 0 aromatic carbocycles. The van der Waals surface area contributed by atoms with Gasteiger partial charge in [-0.2, -0.15) is 4.98 Å². The molecule has 0 aliphatic carbocycles. The van der Waals surface area contributed by atoms with Crippen LogP contribution in [0, 0.1) is 0 Å². The van der Waals surface area contributed by atoms with Gasteiger partial charge in [-0.1, -0.05) is 16.8 Å². The highest BCUT2D eigenvalue weighted by Gasteiger charge is 2.13. The number of aromatic nitrogens is 3. The average molecular weight is 268 g/mol. The van der Waals surface area contributed by atoms with Gasteiger partial charge < -0.3 is 15.2 Å². The quantitative estimate of drug-likeness (QED) is 0.861. The lowest BCUT2D eigenvalue weighted by Gasteiger charge is -2.06. The van der Waals surface area contributed by atoms with Crippen LogP contribution >= 0.6 is 11.6 Å². The Hall–Kier alpha value is -2.15. The molecule has 2 aromatic heterocycles. The molecule has 7 nitrogen and oxygen atoms in total. The lowest BCUT2D eigenvalue weighted by molar-refractivity contribution is 0.0945. The molecular weight excluding hydrogens is 258 g/mol. The van der Waals surface area contributed by atoms with Crippen LogP contribution in [0.5, 0.6) is 0 Å². The molecule has 0 unspecified atom stereocenters. The van der Waals surface area contributed by atoms with Crippen molar-refractivity contribution < 1.29 is 9.32 Å². The van der Waals surface area contributed by atoms with Crippen molar-refractivity contribution in [2.75, 3.05) is 12.4 Å². The molecule has 2 aromatic rings. The lowest BCUT2D eigenvalue weighted by atomic mass is 10.3. The van der Waals surface area contributed by atoms with E-state index in [2.05, 4.69) is 30.3 Å². The van der Waals surface area contributed by atoms with E-state index in [0.29, 0.717) is 11.6 Å². The summed E-state index contributed by atoms with van der Waals surface area (Å²) in [4.78, 5) is 19.7. The van der Waals surface area contributed by atoms with Crippen LogP contribution in [0.15, 0.2) is 23.0 Å². The Morgan fingerprint density at radius 2 is 2.33 bits per heavy atom. The first kappa shape index (κ1) is 12.3. The minimum Gasteiger partial charge on any atom is -0.373 e. The van der Waals surface area contributed by atoms with Crippen molar-refractivity contribution >= 4 is 23.3 Å². The number of anilines is 1. The summed E-state index contributed by atoms with van der Waals surface area (Å²) in [6.45, 7) is 0.150. The third kappa shape index (κ3) is 2.75. The number of hydrogen-bond acceptors (Lipinski definition) is 6. The van der Waals surface area contributed by atoms with Crippen LogP contribution in [0.4, 0.5) is 5.82 Å². The van der Waals surface area contributed by atoms with Crippen molar-refractivity contribution in [3.8, 4) is 0 Å². The number of nitrogens with one attached hydrogen (secondary N) is 2. The second kappa shape index (κ2) is 5.46. The smallest absolute Gasteiger partial charge is 0.271 e. The third-order valence-corrected chi connectivity index (χ3v) is 2.44. The molecule has 0 bridgehead atoms. The fraction of sp³-hybridized carbons (Fsp3) is 0.200. The van der Waals surface area contributed by atoms with Crippen molar-refractivity contribution in [1.82, 2.24) is 20.4 Å². The molecule has 0 saturated carbocycles. The Labute approximate surface area is 108 Å². The van der Waals surface area contributed by atoms with E-state index in [9.17, 15) is 4.79 Å². The predicted molar refractivity (Wildman–Crippen MR) is 64.3 cm³/mol. The van der Waals surface area contributed by atoms with E-state index in [-0.39, 0.29) is 17.3 Å². The Morgan fingerprint density at radius 1 is 1.50 bits per heavy atom. The first-order chi connectivity index (χ1) is 8.70. The van der Waals surface area contributed by atoms with E-state index in [1.807, 2.05) is 0 Å². The largest absolute Gasteiger partial charge is 0.373 e. The molecule has 0 spiro atoms. The Morgan fingerprint density at radius 3 is 3.00 bits per heavy atom. The summed E-state index contributed by atoms with van der Waals surface area (Å²) in [6, 6.07) is 3.28. The number of carbonyl (C=O) groups is 1. The first-order valence-corrected chi connectivity index (χ1v) is 5.46. The van der Waals surface area contributed by atoms with Crippen LogP contribution < -0.4 is 10.6 Å². The monoisotopic (exact) mass is 267 g/mol. The predicted octanol–water partition coefficient (Wildman–Crippen LogP) is 1.09. The fourth-order valence-corrected chi connectivity index (χ4v) is 1.45. The van der Waals surface area contributed by atoms with E-state index in [1.54, 1.807) is 19.2 Å². The fourth-order valence-electron chi connectivity index (χ4n) is 1.25. The summed E-state index contributed by atoms with van der Waals surface area (Å²) in [6.07, 6.45) is 1.19. The number of hydrogen-bond donors (Lipinski definition) is 2. The summed E-state index contributed by atoms with van der Waals surface area (Å²) in [5, 5.41) is 9.27. The molecule has 0 atom stereocenters. The molecule has 1 amide bonds. The van der Waals surface area contributed by atoms with Crippen LogP contribution in [-0.4, -0.2) is 28.1 Å². The summed E-state index contributed by atoms with van der Waals surface area (Å²) in [7, 11) is 1.71. The lowest BCUT2D eigenvalue weighted by Crippen LogP contribution is -2.25. The van der Waals surface area contributed by atoms with Crippen molar-refractivity contribution in [1.29, 1.82) is 0 Å². The van der Waals surface area contributed by atoms with Gasteiger partial charge in [-0.25, -0.2) is 4.98 Å². The molecule has 8 heteroatoms. The Kier molecular flexibility index (Phi) is 3.73. The molecular formula is C10H10ClN5O2. The van der Waals surface area contributed by atoms with Crippen molar-refractivity contribution in [3.05, 3.63) is 35.1 Å². The molecule has 0 aliphatic heterocycles. The molecule has 0 saturated heterocycles. The molecule has 0 radical (unpaired) electrons. The van der Waals surface area contributed by atoms with Gasteiger partial charge in [0, 0.05) is 7.05 Å². The SMILES string of the molecule is CNc1ccc(Cl)c(C(=O)NCc2ncon2)n1. The molecule has 18 heavy (non-hydrogen) atoms. The van der Waals surface area contributed by atoms with E-state index < -0.39 is 5.91 Å². The number of rotatable bonds is 4. The maximum atomic E-state index is 11.9. The summed E-state index contributed by atoms with van der Waals surface area (Å²) in [5.74, 6) is 0.537. The van der Waals surface area contributed by atoms with Crippen LogP contribution in [0.1, 0.15) is 16.3 Å². The number of amides is 1. The summed E-state index contributed by atoms with van der Waals surface area (Å²) >= 11 is 5.91. The van der Waals surface area contributed by atoms with Gasteiger partial charge in [-0.05, 0) is 12.1 Å². The van der Waals surface area contributed by atoms with Gasteiger partial charge in [0.05, 0.1) is 11.6 Å². The van der Waals surface area contributed by atoms with Gasteiger partial charge in [0.25, 0.3) is 5.91 Å². The topological polar surface area (TPSA) is 92.9 Å². The van der Waals surface area contributed by atoms with Crippen molar-refractivity contribution in [2.45, 2.75) is 6.54 Å². The van der Waals surface area contributed by atoms with Crippen LogP contribution in [-0.2, 0) is 6.54 Å². The van der Waals surface area contributed by atoms with Gasteiger partial charge in [0.1, 0.15) is 11.5 Å². The van der Waals surface area contributed by atoms with E-state index in [1.165, 1.54) is 6.39 Å². The average Bonchev–Trinajstić information content (AvgIpc) is 2.89. The normalized spacial score (nSPS) is 10.1. The second-order valence-electron chi connectivity index (χ2n) is 3.31. The molecule has 0 aliphatic rings. The maximum absolute atomic E-state index is 11.9. The van der Waals surface area contributed by atoms with Crippen molar-refractivity contribution in [2.24, 2.45) is 0 Å². The zero-order valence-corrected chi connectivity index (χ0v) is 10.2. The van der Waals surface area contributed by atoms with E-state index >= 15 is 0 Å². The van der Waals surface area contributed by atoms with E-state index in [0.717, 1.165) is 0 Å². The molecule has 2 N–H and O–H groups in total. The number of halogens is 1. The van der Waals surface area contributed by atoms with E-state index in [4.69, 9.17) is 11.6 Å². The van der Waals surface area contributed by atoms with Gasteiger partial charge in [0.15, 0.2) is 5.82 Å². The van der Waals surface area contributed by atoms with Gasteiger partial charge in [-0.15, -0.1) is 0 Å². The summed E-state index contributed by atoms with van der Waals surface area (Å²) < 4.78 is 4.55. The van der Waals surface area contributed by atoms with Gasteiger partial charge in [-0.3, -0.25) is 4.79 Å². The van der Waals surface area contributed by atoms with Crippen LogP contribution in [0.25, 0.3) is 0 Å². The first-order valence-electron chi connectivity index (χ1n) is 5.08. The highest BCUT2D eigenvalue weighted by Crippen LogP contribution is 2.16. The number of nitrogens with zero attached hydrogens (tertiary/aromatic N) is 3. The van der Waals surface area contributed by atoms with Crippen molar-refractivity contribution in [3.63, 3.8) is 0 Å². The molecule has 0 fully saturated rings. The highest BCUT2D eigenvalue weighted by molar-refractivity contribution is 6.33. The molecule has 94 valence electrons. The highest BCUT2D eigenvalue weighted by atomic mass is 35.5. The third-order valence-electron chi connectivity index (χ3n) is 2.13. The summed E-state index contributed by atoms with van der Waals surface area (Å²) in [5.41, 5.74) is 0.145. The number of pyridine rings is 1. The van der Waals surface area contributed by atoms with Gasteiger partial charge in [0.2, 0.25) is 6.39 Å². The minimum atomic E-state index is -0.401. The zero-order valence-electron chi connectivity index (χ0n) is 9.48. The molecule has 2 heterocycles. The zero-order chi connectivity index (χ0) is 13.0. The van der Waals surface area contributed by atoms with Gasteiger partial charge >= 0.3 is 0 Å². The number of carbonyl (C=O) groups excluding carboxylic acids is 1. The minimum absolute atomic E-state index is 0.145. The van der Waals surface area contributed by atoms with Crippen LogP contribution in [0.2, 0.25) is 5.02 Å². The molecule has 2 rings (SSSR count). The Balaban J connectivity index is 2.08. The second-order valence-corrected chi connectivity index (χ2v) is 3.71.